The molecule has 0 aromatic heterocycles. The predicted molar refractivity (Wildman–Crippen MR) is 89.1 cm³/mol. The third-order valence-corrected chi connectivity index (χ3v) is 8.94. The van der Waals surface area contributed by atoms with Crippen LogP contribution in [0.2, 0.25) is 18.1 Å². The summed E-state index contributed by atoms with van der Waals surface area (Å²) in [5.41, 5.74) is 0. The Labute approximate surface area is 123 Å². The van der Waals surface area contributed by atoms with Crippen molar-refractivity contribution in [1.29, 1.82) is 0 Å². The highest BCUT2D eigenvalue weighted by Crippen LogP contribution is 2.38. The van der Waals surface area contributed by atoms with Gasteiger partial charge in [-0.1, -0.05) is 47.0 Å². The number of hydrogen-bond donors (Lipinski definition) is 0. The van der Waals surface area contributed by atoms with Crippen molar-refractivity contribution in [2.75, 3.05) is 0 Å². The molecule has 0 unspecified atom stereocenters. The molecule has 0 spiro atoms. The van der Waals surface area contributed by atoms with Gasteiger partial charge in [-0.15, -0.1) is 0 Å². The van der Waals surface area contributed by atoms with Crippen molar-refractivity contribution in [3.8, 4) is 0 Å². The van der Waals surface area contributed by atoms with Crippen LogP contribution in [0.3, 0.4) is 0 Å². The third kappa shape index (κ3) is 7.49. The summed E-state index contributed by atoms with van der Waals surface area (Å²) in [6.07, 6.45) is 8.72. The third-order valence-electron chi connectivity index (χ3n) is 3.52. The lowest BCUT2D eigenvalue weighted by molar-refractivity contribution is 0.422. The minimum absolute atomic E-state index is 0.291. The topological polar surface area (TPSA) is 9.23 Å². The van der Waals surface area contributed by atoms with E-state index in [1.165, 1.54) is 25.7 Å². The van der Waals surface area contributed by atoms with E-state index in [1.807, 2.05) is 0 Å². The molecule has 102 valence electrons. The molecule has 0 saturated carbocycles. The van der Waals surface area contributed by atoms with E-state index in [0.29, 0.717) is 5.04 Å². The van der Waals surface area contributed by atoms with Gasteiger partial charge < -0.3 is 4.43 Å². The zero-order chi connectivity index (χ0) is 13.5. The molecular weight excluding hydrogens is 339 g/mol. The van der Waals surface area contributed by atoms with Crippen LogP contribution in [0.15, 0.2) is 9.84 Å². The van der Waals surface area contributed by atoms with E-state index in [4.69, 9.17) is 4.43 Å². The van der Waals surface area contributed by atoms with Gasteiger partial charge in [0, 0.05) is 0 Å². The standard InChI is InChI=1S/C14H29IOSi/c1-7-8-9-10-11-12-13(15)16-17(5,6)14(2,3)4/h12H,7-11H2,1-6H3/b13-12-. The average molecular weight is 368 g/mol. The molecule has 0 aliphatic carbocycles. The highest BCUT2D eigenvalue weighted by Gasteiger charge is 2.39. The van der Waals surface area contributed by atoms with Crippen LogP contribution in [0.25, 0.3) is 0 Å². The van der Waals surface area contributed by atoms with Gasteiger partial charge in [0.1, 0.15) is 3.77 Å². The number of halogens is 1. The Morgan fingerprint density at radius 3 is 2.24 bits per heavy atom. The fourth-order valence-electron chi connectivity index (χ4n) is 1.23. The van der Waals surface area contributed by atoms with E-state index in [0.717, 1.165) is 10.2 Å². The lowest BCUT2D eigenvalue weighted by Crippen LogP contribution is -2.39. The van der Waals surface area contributed by atoms with E-state index in [2.05, 4.69) is 69.5 Å². The molecule has 0 amide bonds. The van der Waals surface area contributed by atoms with Crippen LogP contribution < -0.4 is 0 Å². The van der Waals surface area contributed by atoms with Crippen molar-refractivity contribution in [2.45, 2.75) is 77.9 Å². The minimum atomic E-state index is -1.62. The van der Waals surface area contributed by atoms with Gasteiger partial charge in [-0.3, -0.25) is 0 Å². The fourth-order valence-corrected chi connectivity index (χ4v) is 4.07. The van der Waals surface area contributed by atoms with Crippen molar-refractivity contribution in [1.82, 2.24) is 0 Å². The molecule has 0 aliphatic heterocycles. The number of hydrogen-bond acceptors (Lipinski definition) is 1. The first-order chi connectivity index (χ1) is 7.70. The Balaban J connectivity index is 4.07. The van der Waals surface area contributed by atoms with Crippen LogP contribution in [0.4, 0.5) is 0 Å². The fraction of sp³-hybridized carbons (Fsp3) is 0.857. The van der Waals surface area contributed by atoms with Crippen molar-refractivity contribution in [2.24, 2.45) is 0 Å². The zero-order valence-corrected chi connectivity index (χ0v) is 15.6. The zero-order valence-electron chi connectivity index (χ0n) is 12.4. The molecule has 0 aromatic rings. The smallest absolute Gasteiger partial charge is 0.251 e. The predicted octanol–water partition coefficient (Wildman–Crippen LogP) is 6.26. The maximum absolute atomic E-state index is 6.20. The van der Waals surface area contributed by atoms with Gasteiger partial charge in [0.15, 0.2) is 0 Å². The molecule has 0 saturated heterocycles. The molecule has 17 heavy (non-hydrogen) atoms. The molecule has 0 fully saturated rings. The number of allylic oxidation sites excluding steroid dienone is 1. The lowest BCUT2D eigenvalue weighted by atomic mass is 10.2. The summed E-state index contributed by atoms with van der Waals surface area (Å²) >= 11 is 2.34. The molecule has 0 radical (unpaired) electrons. The van der Waals surface area contributed by atoms with Crippen molar-refractivity contribution in [3.05, 3.63) is 9.84 Å². The summed E-state index contributed by atoms with van der Waals surface area (Å²) in [6.45, 7) is 13.7. The first-order valence-corrected chi connectivity index (χ1v) is 10.7. The molecule has 3 heteroatoms. The second-order valence-corrected chi connectivity index (χ2v) is 12.0. The molecule has 0 N–H and O–H groups in total. The summed E-state index contributed by atoms with van der Waals surface area (Å²) in [5.74, 6) is 0. The minimum Gasteiger partial charge on any atom is -0.540 e. The molecule has 0 aromatic carbocycles. The molecule has 0 bridgehead atoms. The number of unbranched alkanes of at least 4 members (excludes halogenated alkanes) is 4. The van der Waals surface area contributed by atoms with Gasteiger partial charge in [-0.2, -0.15) is 0 Å². The molecule has 0 atom stereocenters. The van der Waals surface area contributed by atoms with Crippen molar-refractivity contribution in [3.63, 3.8) is 0 Å². The second-order valence-electron chi connectivity index (χ2n) is 6.22. The maximum Gasteiger partial charge on any atom is 0.251 e. The summed E-state index contributed by atoms with van der Waals surface area (Å²) in [6, 6.07) is 0. The van der Waals surface area contributed by atoms with Crippen LogP contribution in [0.5, 0.6) is 0 Å². The van der Waals surface area contributed by atoms with Crippen LogP contribution in [-0.2, 0) is 4.43 Å². The monoisotopic (exact) mass is 368 g/mol. The van der Waals surface area contributed by atoms with Crippen LogP contribution in [-0.4, -0.2) is 8.32 Å². The second kappa shape index (κ2) is 7.82. The van der Waals surface area contributed by atoms with Crippen LogP contribution in [0.1, 0.15) is 59.8 Å². The molecule has 0 aliphatic rings. The molecule has 1 nitrogen and oxygen atoms in total. The van der Waals surface area contributed by atoms with E-state index in [1.54, 1.807) is 0 Å². The van der Waals surface area contributed by atoms with E-state index in [-0.39, 0.29) is 0 Å². The van der Waals surface area contributed by atoms with Crippen LogP contribution >= 0.6 is 22.6 Å². The van der Waals surface area contributed by atoms with E-state index >= 15 is 0 Å². The molecule has 0 rings (SSSR count). The summed E-state index contributed by atoms with van der Waals surface area (Å²) < 4.78 is 7.30. The normalized spacial score (nSPS) is 13.9. The first kappa shape index (κ1) is 17.5. The Bertz CT molecular complexity index is 241. The first-order valence-electron chi connectivity index (χ1n) is 6.75. The highest BCUT2D eigenvalue weighted by atomic mass is 127. The molecule has 0 heterocycles. The van der Waals surface area contributed by atoms with E-state index < -0.39 is 8.32 Å². The summed E-state index contributed by atoms with van der Waals surface area (Å²) in [7, 11) is -1.62. The SMILES string of the molecule is CCCCCC/C=C(/I)O[Si](C)(C)C(C)(C)C. The Morgan fingerprint density at radius 1 is 1.18 bits per heavy atom. The lowest BCUT2D eigenvalue weighted by Gasteiger charge is -2.36. The summed E-state index contributed by atoms with van der Waals surface area (Å²) in [5, 5.41) is 0.291. The Hall–Kier alpha value is 0.487. The van der Waals surface area contributed by atoms with Crippen molar-refractivity contribution >= 4 is 30.9 Å². The maximum atomic E-state index is 6.20. The average Bonchev–Trinajstić information content (AvgIpc) is 2.14. The quantitative estimate of drug-likeness (QED) is 0.223. The largest absolute Gasteiger partial charge is 0.540 e. The van der Waals surface area contributed by atoms with Gasteiger partial charge in [0.2, 0.25) is 0 Å². The Kier molecular flexibility index (Phi) is 8.04. The summed E-state index contributed by atoms with van der Waals surface area (Å²) in [4.78, 5) is 0. The van der Waals surface area contributed by atoms with Gasteiger partial charge >= 0.3 is 0 Å². The highest BCUT2D eigenvalue weighted by molar-refractivity contribution is 14.1. The van der Waals surface area contributed by atoms with Gasteiger partial charge in [0.25, 0.3) is 8.32 Å². The Morgan fingerprint density at radius 2 is 1.76 bits per heavy atom. The van der Waals surface area contributed by atoms with Gasteiger partial charge in [0.05, 0.1) is 0 Å². The van der Waals surface area contributed by atoms with Gasteiger partial charge in [-0.25, -0.2) is 0 Å². The van der Waals surface area contributed by atoms with Crippen LogP contribution in [0, 0.1) is 0 Å². The molecular formula is C14H29IOSi. The number of rotatable bonds is 7. The van der Waals surface area contributed by atoms with Gasteiger partial charge in [-0.05, 0) is 59.6 Å². The van der Waals surface area contributed by atoms with Crippen molar-refractivity contribution < 1.29 is 4.43 Å². The van der Waals surface area contributed by atoms with E-state index in [9.17, 15) is 0 Å².